The summed E-state index contributed by atoms with van der Waals surface area (Å²) in [6.07, 6.45) is 0. The van der Waals surface area contributed by atoms with Gasteiger partial charge in [-0.25, -0.2) is 0 Å². The Morgan fingerprint density at radius 1 is 0.900 bits per heavy atom. The number of para-hydroxylation sites is 2. The SMILES string of the molecule is Cc1cccc(C(C)C)c1NC(=O)c1nn(-c2ccccc2)c(=O)c2ccccc12. The van der Waals surface area contributed by atoms with Crippen LogP contribution in [-0.4, -0.2) is 15.7 Å². The van der Waals surface area contributed by atoms with E-state index in [4.69, 9.17) is 0 Å². The highest BCUT2D eigenvalue weighted by molar-refractivity contribution is 6.11. The lowest BCUT2D eigenvalue weighted by atomic mass is 9.98. The molecule has 0 bridgehead atoms. The van der Waals surface area contributed by atoms with Gasteiger partial charge in [-0.1, -0.05) is 68.4 Å². The third-order valence-corrected chi connectivity index (χ3v) is 5.19. The highest BCUT2D eigenvalue weighted by atomic mass is 16.2. The fraction of sp³-hybridized carbons (Fsp3) is 0.160. The van der Waals surface area contributed by atoms with E-state index < -0.39 is 0 Å². The molecule has 0 aliphatic rings. The molecule has 1 aromatic heterocycles. The van der Waals surface area contributed by atoms with E-state index in [0.29, 0.717) is 16.5 Å². The number of hydrogen-bond donors (Lipinski definition) is 1. The van der Waals surface area contributed by atoms with Gasteiger partial charge in [-0.2, -0.15) is 9.78 Å². The summed E-state index contributed by atoms with van der Waals surface area (Å²) >= 11 is 0. The Morgan fingerprint density at radius 3 is 2.27 bits per heavy atom. The van der Waals surface area contributed by atoms with Gasteiger partial charge in [-0.3, -0.25) is 9.59 Å². The van der Waals surface area contributed by atoms with Gasteiger partial charge in [0.25, 0.3) is 11.5 Å². The van der Waals surface area contributed by atoms with Crippen LogP contribution >= 0.6 is 0 Å². The van der Waals surface area contributed by atoms with Crippen molar-refractivity contribution in [3.63, 3.8) is 0 Å². The molecular formula is C25H23N3O2. The maximum atomic E-state index is 13.4. The Bertz CT molecular complexity index is 1290. The molecule has 150 valence electrons. The van der Waals surface area contributed by atoms with Crippen LogP contribution in [0.1, 0.15) is 41.4 Å². The van der Waals surface area contributed by atoms with Crippen molar-refractivity contribution in [3.8, 4) is 5.69 Å². The average Bonchev–Trinajstić information content (AvgIpc) is 2.76. The molecule has 1 heterocycles. The first-order chi connectivity index (χ1) is 14.5. The number of fused-ring (bicyclic) bond motifs is 1. The monoisotopic (exact) mass is 397 g/mol. The van der Waals surface area contributed by atoms with Crippen LogP contribution in [0, 0.1) is 6.92 Å². The second kappa shape index (κ2) is 7.95. The number of rotatable bonds is 4. The molecule has 5 nitrogen and oxygen atoms in total. The molecule has 30 heavy (non-hydrogen) atoms. The average molecular weight is 397 g/mol. The van der Waals surface area contributed by atoms with Crippen molar-refractivity contribution in [2.45, 2.75) is 26.7 Å². The quantitative estimate of drug-likeness (QED) is 0.523. The van der Waals surface area contributed by atoms with Crippen molar-refractivity contribution < 1.29 is 4.79 Å². The third-order valence-electron chi connectivity index (χ3n) is 5.19. The number of aryl methyl sites for hydroxylation is 1. The van der Waals surface area contributed by atoms with E-state index in [-0.39, 0.29) is 23.1 Å². The predicted molar refractivity (Wildman–Crippen MR) is 121 cm³/mol. The molecule has 0 aliphatic carbocycles. The van der Waals surface area contributed by atoms with Crippen molar-refractivity contribution in [1.29, 1.82) is 0 Å². The van der Waals surface area contributed by atoms with Crippen molar-refractivity contribution in [2.75, 3.05) is 5.32 Å². The summed E-state index contributed by atoms with van der Waals surface area (Å²) in [7, 11) is 0. The minimum Gasteiger partial charge on any atom is -0.320 e. The van der Waals surface area contributed by atoms with Gasteiger partial charge in [0.2, 0.25) is 0 Å². The van der Waals surface area contributed by atoms with Crippen LogP contribution in [0.3, 0.4) is 0 Å². The van der Waals surface area contributed by atoms with Crippen LogP contribution in [-0.2, 0) is 0 Å². The largest absolute Gasteiger partial charge is 0.320 e. The number of anilines is 1. The summed E-state index contributed by atoms with van der Waals surface area (Å²) in [5.74, 6) is -0.0877. The van der Waals surface area contributed by atoms with Crippen molar-refractivity contribution in [3.05, 3.63) is 100.0 Å². The molecule has 4 rings (SSSR count). The van der Waals surface area contributed by atoms with Gasteiger partial charge >= 0.3 is 0 Å². The van der Waals surface area contributed by atoms with Crippen molar-refractivity contribution >= 4 is 22.4 Å². The summed E-state index contributed by atoms with van der Waals surface area (Å²) in [6.45, 7) is 6.15. The number of carbonyl (C=O) groups excluding carboxylic acids is 1. The van der Waals surface area contributed by atoms with Gasteiger partial charge in [0.05, 0.1) is 11.1 Å². The molecule has 1 N–H and O–H groups in total. The second-order valence-electron chi connectivity index (χ2n) is 7.59. The molecule has 1 amide bonds. The predicted octanol–water partition coefficient (Wildman–Crippen LogP) is 5.07. The molecule has 0 radical (unpaired) electrons. The summed E-state index contributed by atoms with van der Waals surface area (Å²) in [4.78, 5) is 26.4. The van der Waals surface area contributed by atoms with E-state index in [1.54, 1.807) is 36.4 Å². The molecule has 0 unspecified atom stereocenters. The smallest absolute Gasteiger partial charge is 0.279 e. The van der Waals surface area contributed by atoms with Gasteiger partial charge in [0.1, 0.15) is 0 Å². The number of carbonyl (C=O) groups is 1. The lowest BCUT2D eigenvalue weighted by molar-refractivity contribution is 0.102. The molecule has 0 fully saturated rings. The highest BCUT2D eigenvalue weighted by Crippen LogP contribution is 2.28. The number of hydrogen-bond acceptors (Lipinski definition) is 3. The van der Waals surface area contributed by atoms with E-state index >= 15 is 0 Å². The summed E-state index contributed by atoms with van der Waals surface area (Å²) < 4.78 is 1.29. The standard InChI is InChI=1S/C25H23N3O2/c1-16(2)19-15-9-10-17(3)22(19)26-24(29)23-20-13-7-8-14-21(20)25(30)28(27-23)18-11-5-4-6-12-18/h4-16H,1-3H3,(H,26,29). The lowest BCUT2D eigenvalue weighted by Gasteiger charge is -2.17. The minimum atomic E-state index is -0.341. The Labute approximate surface area is 175 Å². The van der Waals surface area contributed by atoms with Crippen LogP contribution in [0.15, 0.2) is 77.6 Å². The maximum Gasteiger partial charge on any atom is 0.279 e. The molecule has 0 saturated carbocycles. The zero-order valence-corrected chi connectivity index (χ0v) is 17.2. The van der Waals surface area contributed by atoms with E-state index in [1.165, 1.54) is 4.68 Å². The summed E-state index contributed by atoms with van der Waals surface area (Å²) in [6, 6.07) is 22.2. The zero-order valence-electron chi connectivity index (χ0n) is 17.2. The molecule has 0 aliphatic heterocycles. The number of benzene rings is 3. The fourth-order valence-electron chi connectivity index (χ4n) is 3.62. The molecule has 5 heteroatoms. The Balaban J connectivity index is 1.88. The van der Waals surface area contributed by atoms with Crippen molar-refractivity contribution in [2.24, 2.45) is 0 Å². The minimum absolute atomic E-state index is 0.215. The first kappa shape index (κ1) is 19.6. The molecule has 4 aromatic rings. The Hall–Kier alpha value is -3.73. The first-order valence-electron chi connectivity index (χ1n) is 9.95. The van der Waals surface area contributed by atoms with Crippen LogP contribution in [0.2, 0.25) is 0 Å². The lowest BCUT2D eigenvalue weighted by Crippen LogP contribution is -2.26. The topological polar surface area (TPSA) is 64.0 Å². The van der Waals surface area contributed by atoms with E-state index in [2.05, 4.69) is 24.3 Å². The number of nitrogens with one attached hydrogen (secondary N) is 1. The van der Waals surface area contributed by atoms with E-state index in [9.17, 15) is 9.59 Å². The maximum absolute atomic E-state index is 13.4. The van der Waals surface area contributed by atoms with Crippen molar-refractivity contribution in [1.82, 2.24) is 9.78 Å². The van der Waals surface area contributed by atoms with E-state index in [1.807, 2.05) is 43.3 Å². The normalized spacial score (nSPS) is 11.1. The van der Waals surface area contributed by atoms with E-state index in [0.717, 1.165) is 16.8 Å². The number of aromatic nitrogens is 2. The molecule has 0 saturated heterocycles. The van der Waals surface area contributed by atoms with Gasteiger partial charge in [-0.15, -0.1) is 0 Å². The summed E-state index contributed by atoms with van der Waals surface area (Å²) in [5, 5.41) is 8.50. The third kappa shape index (κ3) is 3.50. The highest BCUT2D eigenvalue weighted by Gasteiger charge is 2.19. The number of amides is 1. The Kier molecular flexibility index (Phi) is 5.19. The van der Waals surface area contributed by atoms with Gasteiger partial charge in [0, 0.05) is 11.1 Å². The van der Waals surface area contributed by atoms with Crippen LogP contribution in [0.25, 0.3) is 16.5 Å². The first-order valence-corrected chi connectivity index (χ1v) is 9.95. The van der Waals surface area contributed by atoms with Crippen LogP contribution in [0.5, 0.6) is 0 Å². The Morgan fingerprint density at radius 2 is 1.57 bits per heavy atom. The van der Waals surface area contributed by atoms with Gasteiger partial charge in [-0.05, 0) is 42.2 Å². The second-order valence-corrected chi connectivity index (χ2v) is 7.59. The number of nitrogens with zero attached hydrogens (tertiary/aromatic N) is 2. The van der Waals surface area contributed by atoms with Crippen LogP contribution in [0.4, 0.5) is 5.69 Å². The molecule has 0 spiro atoms. The van der Waals surface area contributed by atoms with Crippen LogP contribution < -0.4 is 10.9 Å². The summed E-state index contributed by atoms with van der Waals surface area (Å²) in [5.41, 5.74) is 3.40. The molecular weight excluding hydrogens is 374 g/mol. The molecule has 3 aromatic carbocycles. The fourth-order valence-corrected chi connectivity index (χ4v) is 3.62. The molecule has 0 atom stereocenters. The van der Waals surface area contributed by atoms with Gasteiger partial charge in [0.15, 0.2) is 5.69 Å². The van der Waals surface area contributed by atoms with Gasteiger partial charge < -0.3 is 5.32 Å². The zero-order chi connectivity index (χ0) is 21.3.